The van der Waals surface area contributed by atoms with Crippen LogP contribution >= 0.6 is 0 Å². The van der Waals surface area contributed by atoms with Crippen LogP contribution in [0.15, 0.2) is 66.7 Å². The van der Waals surface area contributed by atoms with Gasteiger partial charge in [0.15, 0.2) is 0 Å². The molecule has 2 aliphatic rings. The normalized spacial score (nSPS) is 19.5. The highest BCUT2D eigenvalue weighted by molar-refractivity contribution is 6.25. The van der Waals surface area contributed by atoms with Gasteiger partial charge in [0.2, 0.25) is 5.91 Å². The summed E-state index contributed by atoms with van der Waals surface area (Å²) in [5.41, 5.74) is 2.61. The molecule has 3 aromatic rings. The molecule has 2 amide bonds. The van der Waals surface area contributed by atoms with Crippen molar-refractivity contribution < 1.29 is 14.3 Å². The third-order valence-electron chi connectivity index (χ3n) is 5.74. The first-order valence-electron chi connectivity index (χ1n) is 10.2. The van der Waals surface area contributed by atoms with Crippen LogP contribution in [0.2, 0.25) is 0 Å². The lowest BCUT2D eigenvalue weighted by atomic mass is 10.1. The van der Waals surface area contributed by atoms with Gasteiger partial charge in [-0.15, -0.1) is 0 Å². The van der Waals surface area contributed by atoms with Crippen molar-refractivity contribution in [1.82, 2.24) is 0 Å². The summed E-state index contributed by atoms with van der Waals surface area (Å²) in [6.45, 7) is 3.23. The predicted octanol–water partition coefficient (Wildman–Crippen LogP) is 3.42. The molecule has 5 rings (SSSR count). The quantitative estimate of drug-likeness (QED) is 0.679. The summed E-state index contributed by atoms with van der Waals surface area (Å²) in [4.78, 5) is 29.4. The van der Waals surface area contributed by atoms with Crippen LogP contribution < -0.4 is 15.1 Å². The molecule has 0 bridgehead atoms. The molecule has 0 aromatic heterocycles. The van der Waals surface area contributed by atoms with E-state index in [1.54, 1.807) is 0 Å². The molecule has 0 unspecified atom stereocenters. The summed E-state index contributed by atoms with van der Waals surface area (Å²) in [5.74, 6) is -0.396. The van der Waals surface area contributed by atoms with E-state index in [0.29, 0.717) is 5.69 Å². The minimum Gasteiger partial charge on any atom is -0.378 e. The summed E-state index contributed by atoms with van der Waals surface area (Å²) in [6.07, 6.45) is 0.146. The maximum absolute atomic E-state index is 13.1. The van der Waals surface area contributed by atoms with Crippen LogP contribution in [-0.2, 0) is 14.3 Å². The molecular formula is C24H23N3O3. The third kappa shape index (κ3) is 3.39. The second-order valence-electron chi connectivity index (χ2n) is 7.61. The molecule has 6 heteroatoms. The Morgan fingerprint density at radius 1 is 0.867 bits per heavy atom. The van der Waals surface area contributed by atoms with Crippen LogP contribution in [-0.4, -0.2) is 44.2 Å². The van der Waals surface area contributed by atoms with Crippen molar-refractivity contribution in [3.8, 4) is 0 Å². The molecule has 2 saturated heterocycles. The van der Waals surface area contributed by atoms with Crippen molar-refractivity contribution in [3.05, 3.63) is 66.7 Å². The first-order chi connectivity index (χ1) is 14.7. The monoisotopic (exact) mass is 401 g/mol. The minimum absolute atomic E-state index is 0.146. The highest BCUT2D eigenvalue weighted by Crippen LogP contribution is 2.31. The average molecular weight is 401 g/mol. The van der Waals surface area contributed by atoms with Crippen LogP contribution in [0.4, 0.5) is 17.1 Å². The largest absolute Gasteiger partial charge is 0.378 e. The number of anilines is 3. The maximum atomic E-state index is 13.1. The Morgan fingerprint density at radius 2 is 1.60 bits per heavy atom. The van der Waals surface area contributed by atoms with E-state index >= 15 is 0 Å². The Balaban J connectivity index is 1.34. The van der Waals surface area contributed by atoms with Gasteiger partial charge in [0.1, 0.15) is 6.04 Å². The summed E-state index contributed by atoms with van der Waals surface area (Å²) in [7, 11) is 0. The van der Waals surface area contributed by atoms with Crippen LogP contribution in [0.1, 0.15) is 6.42 Å². The van der Waals surface area contributed by atoms with Gasteiger partial charge in [0.05, 0.1) is 25.3 Å². The van der Waals surface area contributed by atoms with Gasteiger partial charge in [-0.25, -0.2) is 4.90 Å². The Hall–Kier alpha value is -3.38. The van der Waals surface area contributed by atoms with E-state index in [2.05, 4.69) is 10.2 Å². The van der Waals surface area contributed by atoms with Gasteiger partial charge in [0.25, 0.3) is 5.91 Å². The molecule has 1 atom stereocenters. The first-order valence-corrected chi connectivity index (χ1v) is 10.2. The molecule has 1 N–H and O–H groups in total. The number of rotatable bonds is 4. The van der Waals surface area contributed by atoms with Crippen molar-refractivity contribution in [2.24, 2.45) is 0 Å². The number of amides is 2. The molecule has 3 aromatic carbocycles. The highest BCUT2D eigenvalue weighted by Gasteiger charge is 2.40. The van der Waals surface area contributed by atoms with Gasteiger partial charge in [-0.3, -0.25) is 9.59 Å². The highest BCUT2D eigenvalue weighted by atomic mass is 16.5. The topological polar surface area (TPSA) is 61.9 Å². The molecule has 0 aliphatic carbocycles. The van der Waals surface area contributed by atoms with Crippen LogP contribution in [0.25, 0.3) is 10.8 Å². The zero-order chi connectivity index (χ0) is 20.5. The van der Waals surface area contributed by atoms with Crippen molar-refractivity contribution >= 4 is 39.6 Å². The van der Waals surface area contributed by atoms with E-state index in [0.717, 1.165) is 48.5 Å². The molecule has 152 valence electrons. The van der Waals surface area contributed by atoms with Crippen molar-refractivity contribution in [2.75, 3.05) is 41.4 Å². The summed E-state index contributed by atoms with van der Waals surface area (Å²) < 4.78 is 5.40. The van der Waals surface area contributed by atoms with E-state index in [-0.39, 0.29) is 18.2 Å². The van der Waals surface area contributed by atoms with Crippen molar-refractivity contribution in [1.29, 1.82) is 0 Å². The molecule has 0 radical (unpaired) electrons. The average Bonchev–Trinajstić information content (AvgIpc) is 3.07. The lowest BCUT2D eigenvalue weighted by molar-refractivity contribution is -0.121. The fourth-order valence-corrected chi connectivity index (χ4v) is 4.19. The van der Waals surface area contributed by atoms with E-state index in [9.17, 15) is 9.59 Å². The number of carbonyl (C=O) groups is 2. The Labute approximate surface area is 175 Å². The van der Waals surface area contributed by atoms with E-state index in [4.69, 9.17) is 4.74 Å². The van der Waals surface area contributed by atoms with Gasteiger partial charge in [-0.2, -0.15) is 0 Å². The second-order valence-corrected chi connectivity index (χ2v) is 7.61. The van der Waals surface area contributed by atoms with Crippen LogP contribution in [0.3, 0.4) is 0 Å². The molecule has 0 spiro atoms. The SMILES string of the molecule is O=C1C[C@@H](Nc2ccc(N3CCOCC3)cc2)C(=O)N1c1cccc2ccccc12. The lowest BCUT2D eigenvalue weighted by Gasteiger charge is -2.29. The van der Waals surface area contributed by atoms with E-state index < -0.39 is 6.04 Å². The lowest BCUT2D eigenvalue weighted by Crippen LogP contribution is -2.36. The number of fused-ring (bicyclic) bond motifs is 1. The van der Waals surface area contributed by atoms with E-state index in [1.165, 1.54) is 4.90 Å². The summed E-state index contributed by atoms with van der Waals surface area (Å²) >= 11 is 0. The molecule has 30 heavy (non-hydrogen) atoms. The van der Waals surface area contributed by atoms with Crippen LogP contribution in [0.5, 0.6) is 0 Å². The molecule has 0 saturated carbocycles. The number of nitrogens with one attached hydrogen (secondary N) is 1. The molecule has 2 aliphatic heterocycles. The van der Waals surface area contributed by atoms with Gasteiger partial charge >= 0.3 is 0 Å². The number of hydrogen-bond acceptors (Lipinski definition) is 5. The second kappa shape index (κ2) is 7.80. The zero-order valence-corrected chi connectivity index (χ0v) is 16.6. The van der Waals surface area contributed by atoms with Gasteiger partial charge in [0, 0.05) is 29.9 Å². The van der Waals surface area contributed by atoms with Crippen molar-refractivity contribution in [3.63, 3.8) is 0 Å². The number of benzene rings is 3. The minimum atomic E-state index is -0.564. The maximum Gasteiger partial charge on any atom is 0.256 e. The molecule has 2 heterocycles. The number of hydrogen-bond donors (Lipinski definition) is 1. The molecular weight excluding hydrogens is 378 g/mol. The summed E-state index contributed by atoms with van der Waals surface area (Å²) in [5, 5.41) is 5.15. The van der Waals surface area contributed by atoms with Gasteiger partial charge in [-0.1, -0.05) is 36.4 Å². The van der Waals surface area contributed by atoms with Gasteiger partial charge in [-0.05, 0) is 35.7 Å². The fraction of sp³-hybridized carbons (Fsp3) is 0.250. The number of morpholine rings is 1. The number of nitrogens with zero attached hydrogens (tertiary/aromatic N) is 2. The standard InChI is InChI=1S/C24H23N3O3/c28-23-16-21(25-18-8-10-19(11-9-18)26-12-14-30-15-13-26)24(29)27(23)22-7-3-5-17-4-1-2-6-20(17)22/h1-11,21,25H,12-16H2/t21-/m1/s1. The molecule has 6 nitrogen and oxygen atoms in total. The van der Waals surface area contributed by atoms with Gasteiger partial charge < -0.3 is 15.0 Å². The van der Waals surface area contributed by atoms with E-state index in [1.807, 2.05) is 66.7 Å². The Bertz CT molecular complexity index is 1090. The number of ether oxygens (including phenoxy) is 1. The number of carbonyl (C=O) groups excluding carboxylic acids is 2. The fourth-order valence-electron chi connectivity index (χ4n) is 4.19. The van der Waals surface area contributed by atoms with Crippen LogP contribution in [0, 0.1) is 0 Å². The van der Waals surface area contributed by atoms with Crippen molar-refractivity contribution in [2.45, 2.75) is 12.5 Å². The Morgan fingerprint density at radius 3 is 2.40 bits per heavy atom. The Kier molecular flexibility index (Phi) is 4.85. The molecule has 2 fully saturated rings. The smallest absolute Gasteiger partial charge is 0.256 e. The number of imide groups is 1. The predicted molar refractivity (Wildman–Crippen MR) is 118 cm³/mol. The summed E-state index contributed by atoms with van der Waals surface area (Å²) in [6, 6.07) is 20.9. The zero-order valence-electron chi connectivity index (χ0n) is 16.6. The first kappa shape index (κ1) is 18.6. The third-order valence-corrected chi connectivity index (χ3v) is 5.74.